The summed E-state index contributed by atoms with van der Waals surface area (Å²) in [5, 5.41) is 4.30. The van der Waals surface area contributed by atoms with Crippen molar-refractivity contribution in [2.45, 2.75) is 45.7 Å². The quantitative estimate of drug-likeness (QED) is 0.666. The summed E-state index contributed by atoms with van der Waals surface area (Å²) in [6.45, 7) is 5.78. The molecule has 0 amide bonds. The minimum absolute atomic E-state index is 0.0655. The molecule has 0 bridgehead atoms. The number of hydrogen-bond donors (Lipinski definition) is 1. The summed E-state index contributed by atoms with van der Waals surface area (Å²) >= 11 is 0. The molecular weight excluding hydrogens is 322 g/mol. The summed E-state index contributed by atoms with van der Waals surface area (Å²) in [7, 11) is 0. The number of hydrogen-bond acceptors (Lipinski definition) is 3. The van der Waals surface area contributed by atoms with Crippen molar-refractivity contribution in [2.24, 2.45) is 0 Å². The van der Waals surface area contributed by atoms with Gasteiger partial charge in [-0.2, -0.15) is 0 Å². The van der Waals surface area contributed by atoms with E-state index in [2.05, 4.69) is 43.4 Å². The average molecular weight is 349 g/mol. The van der Waals surface area contributed by atoms with E-state index < -0.39 is 0 Å². The van der Waals surface area contributed by atoms with Crippen LogP contribution in [0.4, 0.5) is 0 Å². The molecule has 26 heavy (non-hydrogen) atoms. The Morgan fingerprint density at radius 3 is 2.50 bits per heavy atom. The van der Waals surface area contributed by atoms with Crippen LogP contribution in [0.15, 0.2) is 59.4 Å². The fraction of sp³-hybridized carbons (Fsp3) is 0.364. The van der Waals surface area contributed by atoms with Gasteiger partial charge in [-0.05, 0) is 43.5 Å². The molecule has 0 fully saturated rings. The third-order valence-corrected chi connectivity index (χ3v) is 4.71. The van der Waals surface area contributed by atoms with Crippen LogP contribution >= 0.6 is 0 Å². The minimum Gasteiger partial charge on any atom is -0.307 e. The van der Waals surface area contributed by atoms with Crippen molar-refractivity contribution < 1.29 is 0 Å². The Bertz CT molecular complexity index is 902. The molecule has 0 aliphatic rings. The van der Waals surface area contributed by atoms with Crippen LogP contribution in [0.3, 0.4) is 0 Å². The highest BCUT2D eigenvalue weighted by Crippen LogP contribution is 2.17. The lowest BCUT2D eigenvalue weighted by atomic mass is 10.1. The smallest absolute Gasteiger partial charge is 0.261 e. The molecule has 1 N–H and O–H groups in total. The van der Waals surface area contributed by atoms with Crippen LogP contribution in [0.5, 0.6) is 0 Å². The largest absolute Gasteiger partial charge is 0.307 e. The molecule has 0 spiro atoms. The molecule has 1 atom stereocenters. The maximum absolute atomic E-state index is 13.0. The predicted molar refractivity (Wildman–Crippen MR) is 107 cm³/mol. The number of benzene rings is 2. The molecule has 3 aromatic rings. The summed E-state index contributed by atoms with van der Waals surface area (Å²) in [5.41, 5.74) is 2.16. The van der Waals surface area contributed by atoms with Gasteiger partial charge in [0.1, 0.15) is 5.82 Å². The van der Waals surface area contributed by atoms with Crippen LogP contribution in [0.2, 0.25) is 0 Å². The third-order valence-electron chi connectivity index (χ3n) is 4.71. The molecule has 4 nitrogen and oxygen atoms in total. The van der Waals surface area contributed by atoms with Crippen LogP contribution in [0, 0.1) is 0 Å². The molecule has 136 valence electrons. The zero-order chi connectivity index (χ0) is 18.4. The van der Waals surface area contributed by atoms with Crippen LogP contribution in [-0.2, 0) is 13.0 Å². The molecule has 1 heterocycles. The van der Waals surface area contributed by atoms with Gasteiger partial charge in [0.25, 0.3) is 5.56 Å². The van der Waals surface area contributed by atoms with Crippen molar-refractivity contribution in [2.75, 3.05) is 6.54 Å². The highest BCUT2D eigenvalue weighted by molar-refractivity contribution is 5.77. The second kappa shape index (κ2) is 8.77. The first-order chi connectivity index (χ1) is 12.7. The van der Waals surface area contributed by atoms with Crippen LogP contribution < -0.4 is 10.9 Å². The zero-order valence-electron chi connectivity index (χ0n) is 15.6. The Kier molecular flexibility index (Phi) is 6.18. The van der Waals surface area contributed by atoms with Crippen molar-refractivity contribution in [3.63, 3.8) is 0 Å². The normalized spacial score (nSPS) is 12.4. The van der Waals surface area contributed by atoms with Crippen molar-refractivity contribution >= 4 is 10.9 Å². The van der Waals surface area contributed by atoms with Crippen molar-refractivity contribution in [3.05, 3.63) is 76.3 Å². The first kappa shape index (κ1) is 18.3. The van der Waals surface area contributed by atoms with E-state index in [-0.39, 0.29) is 11.6 Å². The maximum atomic E-state index is 13.0. The van der Waals surface area contributed by atoms with E-state index in [4.69, 9.17) is 4.98 Å². The zero-order valence-corrected chi connectivity index (χ0v) is 15.6. The van der Waals surface area contributed by atoms with Gasteiger partial charge < -0.3 is 5.32 Å². The molecule has 0 saturated carbocycles. The minimum atomic E-state index is 0.0655. The molecule has 0 radical (unpaired) electrons. The number of nitrogens with one attached hydrogen (secondary N) is 1. The van der Waals surface area contributed by atoms with Crippen molar-refractivity contribution in [1.29, 1.82) is 0 Å². The molecular formula is C22H27N3O. The van der Waals surface area contributed by atoms with E-state index in [0.29, 0.717) is 11.9 Å². The van der Waals surface area contributed by atoms with Crippen molar-refractivity contribution in [1.82, 2.24) is 14.9 Å². The Balaban J connectivity index is 1.87. The summed E-state index contributed by atoms with van der Waals surface area (Å²) in [4.78, 5) is 17.8. The fourth-order valence-electron chi connectivity index (χ4n) is 3.34. The SMILES string of the molecule is CCCn1c(C(CC)NCCc2ccccc2)nc2ccccc2c1=O. The molecule has 0 aliphatic carbocycles. The van der Waals surface area contributed by atoms with Gasteiger partial charge in [0, 0.05) is 6.54 Å². The Morgan fingerprint density at radius 2 is 1.77 bits per heavy atom. The van der Waals surface area contributed by atoms with Gasteiger partial charge in [0.2, 0.25) is 0 Å². The Hall–Kier alpha value is -2.46. The van der Waals surface area contributed by atoms with Crippen molar-refractivity contribution in [3.8, 4) is 0 Å². The molecule has 4 heteroatoms. The predicted octanol–water partition coefficient (Wildman–Crippen LogP) is 4.09. The Morgan fingerprint density at radius 1 is 1.04 bits per heavy atom. The van der Waals surface area contributed by atoms with Crippen LogP contribution in [-0.4, -0.2) is 16.1 Å². The molecule has 2 aromatic carbocycles. The van der Waals surface area contributed by atoms with E-state index in [1.165, 1.54) is 5.56 Å². The molecule has 0 aliphatic heterocycles. The standard InChI is InChI=1S/C22H27N3O/c1-3-16-25-21(24-20-13-9-8-12-18(20)22(25)26)19(4-2)23-15-14-17-10-6-5-7-11-17/h5-13,19,23H,3-4,14-16H2,1-2H3. The van der Waals surface area contributed by atoms with E-state index in [9.17, 15) is 4.79 Å². The average Bonchev–Trinajstić information content (AvgIpc) is 2.68. The first-order valence-electron chi connectivity index (χ1n) is 9.51. The van der Waals surface area contributed by atoms with Crippen LogP contribution in [0.25, 0.3) is 10.9 Å². The number of aromatic nitrogens is 2. The highest BCUT2D eigenvalue weighted by Gasteiger charge is 2.18. The van der Waals surface area contributed by atoms with E-state index in [1.54, 1.807) is 0 Å². The molecule has 1 unspecified atom stereocenters. The van der Waals surface area contributed by atoms with Gasteiger partial charge >= 0.3 is 0 Å². The second-order valence-electron chi connectivity index (χ2n) is 6.59. The number of para-hydroxylation sites is 1. The second-order valence-corrected chi connectivity index (χ2v) is 6.59. The lowest BCUT2D eigenvalue weighted by molar-refractivity contribution is 0.459. The van der Waals surface area contributed by atoms with E-state index in [0.717, 1.165) is 37.1 Å². The van der Waals surface area contributed by atoms with Gasteiger partial charge in [-0.3, -0.25) is 9.36 Å². The van der Waals surface area contributed by atoms with Gasteiger partial charge in [-0.15, -0.1) is 0 Å². The van der Waals surface area contributed by atoms with Gasteiger partial charge in [0.15, 0.2) is 0 Å². The molecule has 3 rings (SSSR count). The molecule has 1 aromatic heterocycles. The van der Waals surface area contributed by atoms with Gasteiger partial charge in [-0.1, -0.05) is 56.3 Å². The maximum Gasteiger partial charge on any atom is 0.261 e. The van der Waals surface area contributed by atoms with E-state index >= 15 is 0 Å². The first-order valence-corrected chi connectivity index (χ1v) is 9.51. The molecule has 0 saturated heterocycles. The Labute approximate surface area is 154 Å². The third kappa shape index (κ3) is 4.02. The number of rotatable bonds is 8. The summed E-state index contributed by atoms with van der Waals surface area (Å²) in [6.07, 6.45) is 2.76. The highest BCUT2D eigenvalue weighted by atomic mass is 16.1. The fourth-order valence-corrected chi connectivity index (χ4v) is 3.34. The lowest BCUT2D eigenvalue weighted by Gasteiger charge is -2.21. The summed E-state index contributed by atoms with van der Waals surface area (Å²) in [6, 6.07) is 18.2. The van der Waals surface area contributed by atoms with Gasteiger partial charge in [-0.25, -0.2) is 4.98 Å². The lowest BCUT2D eigenvalue weighted by Crippen LogP contribution is -2.33. The monoisotopic (exact) mass is 349 g/mol. The van der Waals surface area contributed by atoms with Gasteiger partial charge in [0.05, 0.1) is 16.9 Å². The summed E-state index contributed by atoms with van der Waals surface area (Å²) < 4.78 is 1.85. The van der Waals surface area contributed by atoms with E-state index in [1.807, 2.05) is 34.9 Å². The number of fused-ring (bicyclic) bond motifs is 1. The van der Waals surface area contributed by atoms with Crippen LogP contribution in [0.1, 0.15) is 44.1 Å². The topological polar surface area (TPSA) is 46.9 Å². The summed E-state index contributed by atoms with van der Waals surface area (Å²) in [5.74, 6) is 0.853. The number of nitrogens with zero attached hydrogens (tertiary/aromatic N) is 2.